The van der Waals surface area contributed by atoms with E-state index in [1.54, 1.807) is 75.6 Å². The summed E-state index contributed by atoms with van der Waals surface area (Å²) < 4.78 is 17.3. The average molecular weight is 792 g/mol. The summed E-state index contributed by atoms with van der Waals surface area (Å²) in [4.78, 5) is 94.6. The van der Waals surface area contributed by atoms with Gasteiger partial charge in [0.15, 0.2) is 6.10 Å². The number of amides is 5. The number of Topliss-reactive ketones (excluding diaryl/α,β-unsaturated/α-hetero) is 1. The predicted octanol–water partition coefficient (Wildman–Crippen LogP) is 3.68. The third-order valence-corrected chi connectivity index (χ3v) is 10.0. The van der Waals surface area contributed by atoms with Gasteiger partial charge in [0.1, 0.15) is 17.8 Å². The molecule has 2 aromatic carbocycles. The van der Waals surface area contributed by atoms with Crippen LogP contribution in [0.25, 0.3) is 0 Å². The molecule has 1 unspecified atom stereocenters. The van der Waals surface area contributed by atoms with Crippen molar-refractivity contribution < 1.29 is 47.8 Å². The number of likely N-dealkylation sites (N-methyl/N-ethyl adjacent to an activating group) is 1. The van der Waals surface area contributed by atoms with E-state index in [-0.39, 0.29) is 25.4 Å². The maximum Gasteiger partial charge on any atom is 0.407 e. The van der Waals surface area contributed by atoms with Crippen LogP contribution in [0.3, 0.4) is 0 Å². The van der Waals surface area contributed by atoms with E-state index in [4.69, 9.17) is 14.2 Å². The standard InChI is InChI=1S/C42H57N5O10/c1-4-16-32(37(49)39(51)43-27-34(48)45-35(40(52)47(2)3)29-18-9-7-10-19-29)44-38(50)33-26-28-17-15-22-31(25-28)55-23-13-5-6-14-24-56-42(54)46-36(41(53)57-33)30-20-11-8-12-21-30/h7,9-10,15,17-19,22,25,30,32-33,35-36H,4-6,8,11-14,16,20-21,23-24,26-27H2,1-3H3,(H,43,51)(H,44,50)(H,45,48)(H,46,54)/t32?,33-,35-,36-/m0/s1. The molecule has 4 rings (SSSR count). The number of carbonyl (C=O) groups excluding carboxylic acids is 7. The van der Waals surface area contributed by atoms with Crippen molar-refractivity contribution in [3.05, 3.63) is 65.7 Å². The summed E-state index contributed by atoms with van der Waals surface area (Å²) in [7, 11) is 3.10. The Morgan fingerprint density at radius 3 is 2.21 bits per heavy atom. The molecule has 0 aromatic heterocycles. The Morgan fingerprint density at radius 1 is 0.842 bits per heavy atom. The second-order valence-electron chi connectivity index (χ2n) is 14.7. The van der Waals surface area contributed by atoms with Gasteiger partial charge in [-0.3, -0.25) is 24.0 Å². The third-order valence-electron chi connectivity index (χ3n) is 10.0. The van der Waals surface area contributed by atoms with Crippen molar-refractivity contribution in [2.45, 2.75) is 108 Å². The van der Waals surface area contributed by atoms with Crippen LogP contribution in [-0.2, 0) is 44.7 Å². The summed E-state index contributed by atoms with van der Waals surface area (Å²) >= 11 is 0. The lowest BCUT2D eigenvalue weighted by atomic mass is 9.84. The molecular formula is C42H57N5O10. The minimum absolute atomic E-state index is 0.0691. The summed E-state index contributed by atoms with van der Waals surface area (Å²) in [5.41, 5.74) is 1.15. The van der Waals surface area contributed by atoms with Gasteiger partial charge in [-0.2, -0.15) is 0 Å². The van der Waals surface area contributed by atoms with Crippen LogP contribution in [-0.4, -0.2) is 98.4 Å². The highest BCUT2D eigenvalue weighted by molar-refractivity contribution is 6.38. The molecule has 5 amide bonds. The van der Waals surface area contributed by atoms with Crippen LogP contribution >= 0.6 is 0 Å². The van der Waals surface area contributed by atoms with Crippen LogP contribution < -0.4 is 26.0 Å². The number of esters is 1. The zero-order valence-corrected chi connectivity index (χ0v) is 33.2. The van der Waals surface area contributed by atoms with Crippen LogP contribution in [0.2, 0.25) is 0 Å². The number of fused-ring (bicyclic) bond motifs is 2. The van der Waals surface area contributed by atoms with E-state index in [0.29, 0.717) is 49.2 Å². The van der Waals surface area contributed by atoms with E-state index in [0.717, 1.165) is 38.5 Å². The summed E-state index contributed by atoms with van der Waals surface area (Å²) in [6.45, 7) is 1.80. The third kappa shape index (κ3) is 14.2. The van der Waals surface area contributed by atoms with Gasteiger partial charge in [-0.1, -0.05) is 75.1 Å². The van der Waals surface area contributed by atoms with Crippen molar-refractivity contribution in [3.63, 3.8) is 0 Å². The number of nitrogens with one attached hydrogen (secondary N) is 4. The monoisotopic (exact) mass is 791 g/mol. The van der Waals surface area contributed by atoms with Crippen LogP contribution in [0.15, 0.2) is 54.6 Å². The van der Waals surface area contributed by atoms with Crippen LogP contribution in [0.4, 0.5) is 4.79 Å². The molecule has 0 spiro atoms. The zero-order valence-electron chi connectivity index (χ0n) is 33.2. The molecule has 15 heteroatoms. The first-order chi connectivity index (χ1) is 27.5. The molecule has 15 nitrogen and oxygen atoms in total. The Kier molecular flexibility index (Phi) is 17.8. The largest absolute Gasteiger partial charge is 0.494 e. The van der Waals surface area contributed by atoms with Crippen molar-refractivity contribution >= 4 is 41.5 Å². The van der Waals surface area contributed by atoms with Crippen molar-refractivity contribution in [2.75, 3.05) is 33.9 Å². The lowest BCUT2D eigenvalue weighted by Gasteiger charge is -2.30. The number of hydrogen-bond acceptors (Lipinski definition) is 10. The second-order valence-corrected chi connectivity index (χ2v) is 14.7. The summed E-state index contributed by atoms with van der Waals surface area (Å²) in [5, 5.41) is 10.2. The fourth-order valence-electron chi connectivity index (χ4n) is 6.93. The van der Waals surface area contributed by atoms with Crippen LogP contribution in [0.5, 0.6) is 5.75 Å². The number of benzene rings is 2. The number of rotatable bonds is 12. The van der Waals surface area contributed by atoms with Gasteiger partial charge in [-0.15, -0.1) is 0 Å². The van der Waals surface area contributed by atoms with Gasteiger partial charge in [-0.05, 0) is 74.1 Å². The van der Waals surface area contributed by atoms with E-state index in [2.05, 4.69) is 21.3 Å². The summed E-state index contributed by atoms with van der Waals surface area (Å²) in [6.07, 6.45) is 5.42. The molecule has 1 aliphatic carbocycles. The molecule has 0 saturated heterocycles. The maximum absolute atomic E-state index is 14.0. The molecule has 0 radical (unpaired) electrons. The second kappa shape index (κ2) is 22.9. The Balaban J connectivity index is 1.50. The van der Waals surface area contributed by atoms with Crippen molar-refractivity contribution in [2.24, 2.45) is 5.92 Å². The number of cyclic esters (lactones) is 2. The highest BCUT2D eigenvalue weighted by Gasteiger charge is 2.37. The molecule has 2 aliphatic rings. The van der Waals surface area contributed by atoms with Crippen LogP contribution in [0.1, 0.15) is 94.7 Å². The predicted molar refractivity (Wildman–Crippen MR) is 210 cm³/mol. The molecule has 1 aliphatic heterocycles. The highest BCUT2D eigenvalue weighted by Crippen LogP contribution is 2.28. The fourth-order valence-corrected chi connectivity index (χ4v) is 6.93. The summed E-state index contributed by atoms with van der Waals surface area (Å²) in [5.74, 6) is -4.51. The molecule has 1 fully saturated rings. The summed E-state index contributed by atoms with van der Waals surface area (Å²) in [6, 6.07) is 12.3. The molecule has 4 N–H and O–H groups in total. The van der Waals surface area contributed by atoms with E-state index in [1.807, 2.05) is 0 Å². The minimum Gasteiger partial charge on any atom is -0.494 e. The topological polar surface area (TPSA) is 199 Å². The Bertz CT molecular complexity index is 1680. The number of nitrogens with zero attached hydrogens (tertiary/aromatic N) is 1. The lowest BCUT2D eigenvalue weighted by molar-refractivity contribution is -0.159. The Labute approximate surface area is 334 Å². The minimum atomic E-state index is -1.46. The SMILES string of the molecule is CCCC(NC(=O)[C@@H]1Cc2cccc(c2)OCCCCCCOC(=O)N[C@@H](C2CCCCC2)C(=O)O1)C(=O)C(=O)NCC(=O)N[C@H](C(=O)N(C)C)c1ccccc1. The van der Waals surface area contributed by atoms with Gasteiger partial charge in [0.2, 0.25) is 17.6 Å². The molecule has 1 heterocycles. The maximum atomic E-state index is 14.0. The quantitative estimate of drug-likeness (QED) is 0.182. The molecule has 2 bridgehead atoms. The van der Waals surface area contributed by atoms with Crippen molar-refractivity contribution in [1.29, 1.82) is 0 Å². The Hall–Kier alpha value is -5.47. The normalized spacial score (nSPS) is 19.6. The fraction of sp³-hybridized carbons (Fsp3) is 0.548. The van der Waals surface area contributed by atoms with Gasteiger partial charge in [-0.25, -0.2) is 9.59 Å². The van der Waals surface area contributed by atoms with Crippen molar-refractivity contribution in [3.8, 4) is 5.75 Å². The zero-order chi connectivity index (χ0) is 41.2. The number of carbonyl (C=O) groups is 7. The molecule has 1 saturated carbocycles. The van der Waals surface area contributed by atoms with Crippen molar-refractivity contribution in [1.82, 2.24) is 26.2 Å². The van der Waals surface area contributed by atoms with E-state index in [1.165, 1.54) is 4.90 Å². The van der Waals surface area contributed by atoms with Gasteiger partial charge in [0, 0.05) is 20.5 Å². The van der Waals surface area contributed by atoms with Gasteiger partial charge in [0.05, 0.1) is 25.8 Å². The van der Waals surface area contributed by atoms with E-state index in [9.17, 15) is 33.6 Å². The first-order valence-electron chi connectivity index (χ1n) is 20.0. The molecule has 310 valence electrons. The first kappa shape index (κ1) is 44.2. The Morgan fingerprint density at radius 2 is 1.53 bits per heavy atom. The molecular weight excluding hydrogens is 734 g/mol. The number of hydrogen-bond donors (Lipinski definition) is 4. The average Bonchev–Trinajstić information content (AvgIpc) is 3.21. The lowest BCUT2D eigenvalue weighted by Crippen LogP contribution is -2.54. The van der Waals surface area contributed by atoms with Gasteiger partial charge < -0.3 is 40.4 Å². The van der Waals surface area contributed by atoms with Crippen LogP contribution in [0, 0.1) is 5.92 Å². The van der Waals surface area contributed by atoms with E-state index >= 15 is 0 Å². The smallest absolute Gasteiger partial charge is 0.407 e. The highest BCUT2D eigenvalue weighted by atomic mass is 16.6. The number of alkyl carbamates (subject to hydrolysis) is 1. The number of ether oxygens (including phenoxy) is 3. The first-order valence-corrected chi connectivity index (χ1v) is 20.0. The number of ketones is 1. The van der Waals surface area contributed by atoms with E-state index < -0.39 is 72.2 Å². The molecule has 57 heavy (non-hydrogen) atoms. The molecule has 2 aromatic rings. The molecule has 4 atom stereocenters. The van der Waals surface area contributed by atoms with Gasteiger partial charge in [0.25, 0.3) is 11.8 Å². The van der Waals surface area contributed by atoms with Gasteiger partial charge >= 0.3 is 12.1 Å².